The Balaban J connectivity index is 1.75. The normalized spacial score (nSPS) is 18.4. The lowest BCUT2D eigenvalue weighted by molar-refractivity contribution is 0.111. The third-order valence-corrected chi connectivity index (χ3v) is 5.98. The zero-order valence-electron chi connectivity index (χ0n) is 13.0. The summed E-state index contributed by atoms with van der Waals surface area (Å²) >= 11 is 0. The van der Waals surface area contributed by atoms with Crippen molar-refractivity contribution in [2.75, 3.05) is 13.2 Å². The van der Waals surface area contributed by atoms with Gasteiger partial charge >= 0.3 is 0 Å². The van der Waals surface area contributed by atoms with E-state index >= 15 is 0 Å². The van der Waals surface area contributed by atoms with Crippen LogP contribution in [-0.4, -0.2) is 43.2 Å². The Morgan fingerprint density at radius 2 is 2.08 bits per heavy atom. The van der Waals surface area contributed by atoms with Gasteiger partial charge in [0.25, 0.3) is 0 Å². The van der Waals surface area contributed by atoms with Gasteiger partial charge in [-0.15, -0.1) is 0 Å². The summed E-state index contributed by atoms with van der Waals surface area (Å²) < 4.78 is 32.7. The van der Waals surface area contributed by atoms with Gasteiger partial charge in [0.05, 0.1) is 11.6 Å². The highest BCUT2D eigenvalue weighted by Gasteiger charge is 2.35. The van der Waals surface area contributed by atoms with Crippen molar-refractivity contribution in [3.8, 4) is 5.75 Å². The molecular weight excluding hydrogens is 328 g/mol. The average molecular weight is 346 g/mol. The molecule has 0 aliphatic carbocycles. The largest absolute Gasteiger partial charge is 0.491 e. The molecule has 2 heterocycles. The van der Waals surface area contributed by atoms with E-state index in [-0.39, 0.29) is 17.5 Å². The number of rotatable bonds is 6. The lowest BCUT2D eigenvalue weighted by Crippen LogP contribution is -2.39. The van der Waals surface area contributed by atoms with E-state index in [1.807, 2.05) is 0 Å². The number of ether oxygens (including phenoxy) is 1. The van der Waals surface area contributed by atoms with E-state index in [2.05, 4.69) is 4.98 Å². The Labute approximate surface area is 141 Å². The van der Waals surface area contributed by atoms with E-state index < -0.39 is 10.0 Å². The molecule has 1 atom stereocenters. The zero-order chi connectivity index (χ0) is 17.0. The Morgan fingerprint density at radius 3 is 2.83 bits per heavy atom. The molecule has 1 aromatic carbocycles. The molecule has 1 unspecified atom stereocenters. The van der Waals surface area contributed by atoms with Crippen molar-refractivity contribution in [3.63, 3.8) is 0 Å². The maximum absolute atomic E-state index is 12.8. The van der Waals surface area contributed by atoms with Crippen LogP contribution < -0.4 is 4.74 Å². The van der Waals surface area contributed by atoms with E-state index in [9.17, 15) is 13.2 Å². The highest BCUT2D eigenvalue weighted by atomic mass is 32.2. The number of benzene rings is 1. The summed E-state index contributed by atoms with van der Waals surface area (Å²) in [4.78, 5) is 15.1. The average Bonchev–Trinajstić information content (AvgIpc) is 3.10. The second-order valence-corrected chi connectivity index (χ2v) is 7.46. The zero-order valence-corrected chi connectivity index (χ0v) is 13.9. The maximum Gasteiger partial charge on any atom is 0.244 e. The predicted octanol–water partition coefficient (Wildman–Crippen LogP) is 2.13. The summed E-state index contributed by atoms with van der Waals surface area (Å²) in [6.07, 6.45) is 5.13. The molecule has 1 aromatic heterocycles. The second kappa shape index (κ2) is 7.11. The summed E-state index contributed by atoms with van der Waals surface area (Å²) in [7, 11) is -3.59. The molecule has 24 heavy (non-hydrogen) atoms. The van der Waals surface area contributed by atoms with Crippen LogP contribution in [0.3, 0.4) is 0 Å². The van der Waals surface area contributed by atoms with Crippen LogP contribution >= 0.6 is 0 Å². The van der Waals surface area contributed by atoms with Gasteiger partial charge in [-0.3, -0.25) is 9.78 Å². The number of pyridine rings is 1. The summed E-state index contributed by atoms with van der Waals surface area (Å²) in [6.45, 7) is 0.672. The van der Waals surface area contributed by atoms with Crippen molar-refractivity contribution in [2.45, 2.75) is 23.8 Å². The minimum Gasteiger partial charge on any atom is -0.491 e. The van der Waals surface area contributed by atoms with Gasteiger partial charge in [0.2, 0.25) is 10.0 Å². The van der Waals surface area contributed by atoms with Crippen LogP contribution in [0.2, 0.25) is 0 Å². The first-order chi connectivity index (χ1) is 11.6. The third kappa shape index (κ3) is 3.32. The van der Waals surface area contributed by atoms with Crippen LogP contribution in [-0.2, 0) is 10.0 Å². The molecule has 1 aliphatic rings. The quantitative estimate of drug-likeness (QED) is 0.749. The minimum atomic E-state index is -3.59. The summed E-state index contributed by atoms with van der Waals surface area (Å²) in [6, 6.07) is 9.80. The van der Waals surface area contributed by atoms with Gasteiger partial charge in [0, 0.05) is 18.9 Å². The molecule has 126 valence electrons. The Morgan fingerprint density at radius 1 is 1.25 bits per heavy atom. The van der Waals surface area contributed by atoms with Crippen LogP contribution in [0.15, 0.2) is 53.7 Å². The van der Waals surface area contributed by atoms with Gasteiger partial charge < -0.3 is 4.74 Å². The molecular formula is C17H18N2O4S. The molecule has 0 radical (unpaired) electrons. The smallest absolute Gasteiger partial charge is 0.244 e. The van der Waals surface area contributed by atoms with Gasteiger partial charge in [-0.1, -0.05) is 12.1 Å². The van der Waals surface area contributed by atoms with Crippen molar-refractivity contribution in [3.05, 3.63) is 54.4 Å². The molecule has 7 heteroatoms. The number of para-hydroxylation sites is 1. The van der Waals surface area contributed by atoms with E-state index in [0.29, 0.717) is 17.9 Å². The molecule has 0 bridgehead atoms. The van der Waals surface area contributed by atoms with Gasteiger partial charge in [0.15, 0.2) is 6.29 Å². The van der Waals surface area contributed by atoms with Crippen LogP contribution in [0.4, 0.5) is 0 Å². The van der Waals surface area contributed by atoms with Gasteiger partial charge in [-0.05, 0) is 37.1 Å². The van der Waals surface area contributed by atoms with E-state index in [4.69, 9.17) is 4.74 Å². The molecule has 1 fully saturated rings. The van der Waals surface area contributed by atoms with Crippen molar-refractivity contribution >= 4 is 16.3 Å². The fourth-order valence-corrected chi connectivity index (χ4v) is 4.47. The Bertz CT molecular complexity index is 808. The first-order valence-corrected chi connectivity index (χ1v) is 9.16. The first-order valence-electron chi connectivity index (χ1n) is 7.72. The Hall–Kier alpha value is -2.25. The SMILES string of the molecule is O=Cc1ccccc1OCC1CCCN1S(=O)(=O)c1cccnc1. The van der Waals surface area contributed by atoms with E-state index in [1.165, 1.54) is 10.5 Å². The number of sulfonamides is 1. The molecule has 0 amide bonds. The number of aldehydes is 1. The van der Waals surface area contributed by atoms with Crippen LogP contribution in [0.5, 0.6) is 5.75 Å². The highest BCUT2D eigenvalue weighted by Crippen LogP contribution is 2.26. The summed E-state index contributed by atoms with van der Waals surface area (Å²) in [5.41, 5.74) is 0.456. The third-order valence-electron chi connectivity index (χ3n) is 4.04. The number of hydrogen-bond donors (Lipinski definition) is 0. The monoisotopic (exact) mass is 346 g/mol. The number of carbonyl (C=O) groups is 1. The van der Waals surface area contributed by atoms with Crippen molar-refractivity contribution in [1.82, 2.24) is 9.29 Å². The summed E-state index contributed by atoms with van der Waals surface area (Å²) in [5, 5.41) is 0. The fourth-order valence-electron chi connectivity index (χ4n) is 2.82. The van der Waals surface area contributed by atoms with Crippen molar-refractivity contribution < 1.29 is 17.9 Å². The standard InChI is InChI=1S/C17H18N2O4S/c20-12-14-5-1-2-8-17(14)23-13-15-6-4-10-19(15)24(21,22)16-7-3-9-18-11-16/h1-3,5,7-9,11-12,15H,4,6,10,13H2. The minimum absolute atomic E-state index is 0.185. The van der Waals surface area contributed by atoms with Gasteiger partial charge in [-0.2, -0.15) is 4.31 Å². The fraction of sp³-hybridized carbons (Fsp3) is 0.294. The molecule has 0 saturated carbocycles. The highest BCUT2D eigenvalue weighted by molar-refractivity contribution is 7.89. The first kappa shape index (κ1) is 16.6. The van der Waals surface area contributed by atoms with Crippen LogP contribution in [0, 0.1) is 0 Å². The molecule has 2 aromatic rings. The number of aromatic nitrogens is 1. The number of hydrogen-bond acceptors (Lipinski definition) is 5. The molecule has 0 spiro atoms. The topological polar surface area (TPSA) is 76.6 Å². The molecule has 1 saturated heterocycles. The lowest BCUT2D eigenvalue weighted by atomic mass is 10.2. The van der Waals surface area contributed by atoms with Crippen molar-refractivity contribution in [2.24, 2.45) is 0 Å². The van der Waals surface area contributed by atoms with Gasteiger partial charge in [0.1, 0.15) is 17.3 Å². The molecule has 0 N–H and O–H groups in total. The molecule has 1 aliphatic heterocycles. The van der Waals surface area contributed by atoms with E-state index in [0.717, 1.165) is 19.1 Å². The predicted molar refractivity (Wildman–Crippen MR) is 88.5 cm³/mol. The number of nitrogens with zero attached hydrogens (tertiary/aromatic N) is 2. The Kier molecular flexibility index (Phi) is 4.92. The second-order valence-electron chi connectivity index (χ2n) is 5.57. The van der Waals surface area contributed by atoms with Gasteiger partial charge in [-0.25, -0.2) is 8.42 Å². The lowest BCUT2D eigenvalue weighted by Gasteiger charge is -2.24. The van der Waals surface area contributed by atoms with Crippen molar-refractivity contribution in [1.29, 1.82) is 0 Å². The number of carbonyl (C=O) groups excluding carboxylic acids is 1. The van der Waals surface area contributed by atoms with Crippen LogP contribution in [0.25, 0.3) is 0 Å². The molecule has 6 nitrogen and oxygen atoms in total. The maximum atomic E-state index is 12.8. The molecule has 3 rings (SSSR count). The van der Waals surface area contributed by atoms with Crippen LogP contribution in [0.1, 0.15) is 23.2 Å². The van der Waals surface area contributed by atoms with E-state index in [1.54, 1.807) is 42.6 Å². The summed E-state index contributed by atoms with van der Waals surface area (Å²) in [5.74, 6) is 0.470.